The number of nitrogens with zero attached hydrogens (tertiary/aromatic N) is 1. The van der Waals surface area contributed by atoms with Crippen LogP contribution in [0.1, 0.15) is 0 Å². The van der Waals surface area contributed by atoms with Crippen molar-refractivity contribution in [1.29, 1.82) is 0 Å². The van der Waals surface area contributed by atoms with E-state index < -0.39 is 0 Å². The molecule has 3 heteroatoms. The predicted octanol–water partition coefficient (Wildman–Crippen LogP) is -0.0882. The lowest BCUT2D eigenvalue weighted by Crippen LogP contribution is -1.89. The molecule has 0 saturated heterocycles. The normalized spacial score (nSPS) is 5.00. The van der Waals surface area contributed by atoms with Gasteiger partial charge in [0.2, 0.25) is 0 Å². The van der Waals surface area contributed by atoms with Crippen LogP contribution in [0.15, 0.2) is 5.16 Å². The minimum atomic E-state index is 1.88. The first-order chi connectivity index (χ1) is 2.83. The molecule has 0 saturated carbocycles. The van der Waals surface area contributed by atoms with E-state index >= 15 is 0 Å². The molecule has 2 N–H and O–H groups in total. The average Bonchev–Trinajstić information content (AvgIpc) is 1.39. The van der Waals surface area contributed by atoms with Crippen molar-refractivity contribution in [2.45, 2.75) is 0 Å². The standard InChI is InChI=1S/C2H7N.CH3NO/c1-3-2;1-2-3/h3H,1-2H3;3H,1H2. The van der Waals surface area contributed by atoms with Crippen LogP contribution in [0.2, 0.25) is 0 Å². The van der Waals surface area contributed by atoms with Crippen LogP contribution in [0, 0.1) is 0 Å². The van der Waals surface area contributed by atoms with E-state index in [1.807, 2.05) is 14.1 Å². The summed E-state index contributed by atoms with van der Waals surface area (Å²) in [5, 5.41) is 12.1. The molecule has 0 aliphatic carbocycles. The van der Waals surface area contributed by atoms with Crippen molar-refractivity contribution in [2.75, 3.05) is 14.1 Å². The largest absolute Gasteiger partial charge is 0.411 e. The van der Waals surface area contributed by atoms with E-state index in [1.54, 1.807) is 0 Å². The quantitative estimate of drug-likeness (QED) is 0.248. The van der Waals surface area contributed by atoms with Gasteiger partial charge in [-0.3, -0.25) is 0 Å². The summed E-state index contributed by atoms with van der Waals surface area (Å²) in [6.07, 6.45) is 0. The molecule has 0 bridgehead atoms. The molecular weight excluding hydrogens is 80.0 g/mol. The Morgan fingerprint density at radius 1 is 1.67 bits per heavy atom. The van der Waals surface area contributed by atoms with E-state index in [0.29, 0.717) is 0 Å². The van der Waals surface area contributed by atoms with Gasteiger partial charge in [-0.2, -0.15) is 0 Å². The molecule has 0 amide bonds. The maximum atomic E-state index is 7.08. The Bertz CT molecular complexity index is 22.8. The van der Waals surface area contributed by atoms with Gasteiger partial charge in [0.05, 0.1) is 0 Å². The molecule has 0 aromatic carbocycles. The van der Waals surface area contributed by atoms with Crippen LogP contribution in [-0.2, 0) is 0 Å². The van der Waals surface area contributed by atoms with E-state index in [-0.39, 0.29) is 0 Å². The van der Waals surface area contributed by atoms with Crippen molar-refractivity contribution in [3.8, 4) is 0 Å². The van der Waals surface area contributed by atoms with Crippen LogP contribution in [0.4, 0.5) is 0 Å². The van der Waals surface area contributed by atoms with Gasteiger partial charge in [0.25, 0.3) is 0 Å². The second-order valence-corrected chi connectivity index (χ2v) is 0.641. The van der Waals surface area contributed by atoms with Gasteiger partial charge in [-0.05, 0) is 14.1 Å². The van der Waals surface area contributed by atoms with Crippen molar-refractivity contribution in [3.63, 3.8) is 0 Å². The number of oxime groups is 1. The van der Waals surface area contributed by atoms with Crippen LogP contribution in [0.5, 0.6) is 0 Å². The van der Waals surface area contributed by atoms with Crippen LogP contribution in [-0.4, -0.2) is 26.0 Å². The first-order valence-corrected chi connectivity index (χ1v) is 1.52. The molecule has 3 nitrogen and oxygen atoms in total. The minimum absolute atomic E-state index is 1.88. The molecule has 0 heterocycles. The lowest BCUT2D eigenvalue weighted by atomic mass is 11.3. The molecule has 0 unspecified atom stereocenters. The number of hydrogen-bond acceptors (Lipinski definition) is 3. The fourth-order valence-corrected chi connectivity index (χ4v) is 0. The number of hydrogen-bond donors (Lipinski definition) is 2. The second kappa shape index (κ2) is 25.5. The molecule has 0 aromatic heterocycles. The van der Waals surface area contributed by atoms with Crippen molar-refractivity contribution < 1.29 is 5.21 Å². The Kier molecular flexibility index (Phi) is 38.5. The lowest BCUT2D eigenvalue weighted by molar-refractivity contribution is 0.323. The molecule has 0 fully saturated rings. The van der Waals surface area contributed by atoms with Crippen molar-refractivity contribution >= 4 is 6.72 Å². The zero-order valence-electron chi connectivity index (χ0n) is 4.10. The maximum Gasteiger partial charge on any atom is 0.0298 e. The minimum Gasteiger partial charge on any atom is -0.411 e. The Morgan fingerprint density at radius 2 is 1.67 bits per heavy atom. The molecule has 0 aromatic rings. The lowest BCUT2D eigenvalue weighted by Gasteiger charge is -1.59. The summed E-state index contributed by atoms with van der Waals surface area (Å²) in [5.41, 5.74) is 0. The van der Waals surface area contributed by atoms with E-state index in [9.17, 15) is 0 Å². The van der Waals surface area contributed by atoms with Crippen LogP contribution >= 0.6 is 0 Å². The van der Waals surface area contributed by atoms with Crippen LogP contribution in [0.25, 0.3) is 0 Å². The highest BCUT2D eigenvalue weighted by atomic mass is 16.4. The van der Waals surface area contributed by atoms with Crippen molar-refractivity contribution in [3.05, 3.63) is 0 Å². The summed E-state index contributed by atoms with van der Waals surface area (Å²) in [5.74, 6) is 0. The fourth-order valence-electron chi connectivity index (χ4n) is 0. The number of rotatable bonds is 0. The van der Waals surface area contributed by atoms with Gasteiger partial charge < -0.3 is 10.5 Å². The topological polar surface area (TPSA) is 44.6 Å². The molecule has 0 aliphatic rings. The maximum absolute atomic E-state index is 7.08. The first-order valence-electron chi connectivity index (χ1n) is 1.52. The molecule has 6 heavy (non-hydrogen) atoms. The molecule has 0 atom stereocenters. The van der Waals surface area contributed by atoms with Gasteiger partial charge in [0, 0.05) is 6.72 Å². The van der Waals surface area contributed by atoms with Gasteiger partial charge in [0.1, 0.15) is 0 Å². The molecule has 0 aliphatic heterocycles. The average molecular weight is 90.1 g/mol. The second-order valence-electron chi connectivity index (χ2n) is 0.641. The summed E-state index contributed by atoms with van der Waals surface area (Å²) in [4.78, 5) is 0. The Balaban J connectivity index is 0. The highest BCUT2D eigenvalue weighted by Crippen LogP contribution is 1.20. The van der Waals surface area contributed by atoms with Gasteiger partial charge in [-0.1, -0.05) is 0 Å². The van der Waals surface area contributed by atoms with E-state index in [0.717, 1.165) is 0 Å². The third-order valence-corrected chi connectivity index (χ3v) is 0. The third-order valence-electron chi connectivity index (χ3n) is 0. The van der Waals surface area contributed by atoms with Gasteiger partial charge >= 0.3 is 0 Å². The summed E-state index contributed by atoms with van der Waals surface area (Å²) < 4.78 is 0. The molecule has 0 radical (unpaired) electrons. The first kappa shape index (κ1) is 9.06. The van der Waals surface area contributed by atoms with E-state index in [1.165, 1.54) is 0 Å². The zero-order chi connectivity index (χ0) is 5.41. The van der Waals surface area contributed by atoms with Gasteiger partial charge in [-0.15, -0.1) is 5.16 Å². The molecular formula is C3H10N2O. The molecule has 0 rings (SSSR count). The van der Waals surface area contributed by atoms with Gasteiger partial charge in [-0.25, -0.2) is 0 Å². The van der Waals surface area contributed by atoms with Gasteiger partial charge in [0.15, 0.2) is 0 Å². The fraction of sp³-hybridized carbons (Fsp3) is 0.667. The van der Waals surface area contributed by atoms with Crippen molar-refractivity contribution in [2.24, 2.45) is 5.16 Å². The summed E-state index contributed by atoms with van der Waals surface area (Å²) in [7, 11) is 3.75. The monoisotopic (exact) mass is 90.1 g/mol. The van der Waals surface area contributed by atoms with Crippen LogP contribution in [0.3, 0.4) is 0 Å². The predicted molar refractivity (Wildman–Crippen MR) is 26.3 cm³/mol. The molecule has 38 valence electrons. The smallest absolute Gasteiger partial charge is 0.0298 e. The van der Waals surface area contributed by atoms with Crippen LogP contribution < -0.4 is 5.32 Å². The zero-order valence-corrected chi connectivity index (χ0v) is 4.10. The third kappa shape index (κ3) is 62.3. The Morgan fingerprint density at radius 3 is 1.67 bits per heavy atom. The number of nitrogens with one attached hydrogen (secondary N) is 1. The van der Waals surface area contributed by atoms with Crippen molar-refractivity contribution in [1.82, 2.24) is 5.32 Å². The Hall–Kier alpha value is -0.570. The highest BCUT2D eigenvalue weighted by Gasteiger charge is 1.25. The highest BCUT2D eigenvalue weighted by molar-refractivity contribution is 5.20. The Labute approximate surface area is 37.7 Å². The summed E-state index contributed by atoms with van der Waals surface area (Å²) >= 11 is 0. The SMILES string of the molecule is C=NO.CNC. The summed E-state index contributed by atoms with van der Waals surface area (Å²) in [6.45, 7) is 2.67. The van der Waals surface area contributed by atoms with E-state index in [4.69, 9.17) is 5.21 Å². The summed E-state index contributed by atoms with van der Waals surface area (Å²) in [6, 6.07) is 0. The van der Waals surface area contributed by atoms with E-state index in [2.05, 4.69) is 17.2 Å². The molecule has 0 spiro atoms.